The SMILES string of the molecule is CC(Cn1ccnc1)NC(=O)C(C)(N)C1CC1. The fraction of sp³-hybridized carbons (Fsp3) is 0.667. The van der Waals surface area contributed by atoms with Crippen molar-refractivity contribution in [3.05, 3.63) is 18.7 Å². The Bertz CT molecular complexity index is 381. The Morgan fingerprint density at radius 1 is 1.71 bits per heavy atom. The number of imidazole rings is 1. The van der Waals surface area contributed by atoms with Crippen LogP contribution < -0.4 is 11.1 Å². The summed E-state index contributed by atoms with van der Waals surface area (Å²) >= 11 is 0. The standard InChI is InChI=1S/C12H20N4O/c1-9(7-16-6-5-14-8-16)15-11(17)12(2,13)10-3-4-10/h5-6,8-10H,3-4,7,13H2,1-2H3,(H,15,17). The van der Waals surface area contributed by atoms with Crippen LogP contribution in [0.1, 0.15) is 26.7 Å². The summed E-state index contributed by atoms with van der Waals surface area (Å²) in [5.41, 5.74) is 5.34. The summed E-state index contributed by atoms with van der Waals surface area (Å²) in [6, 6.07) is 0.0540. The highest BCUT2D eigenvalue weighted by molar-refractivity contribution is 5.86. The first-order chi connectivity index (χ1) is 8.00. The van der Waals surface area contributed by atoms with Crippen molar-refractivity contribution < 1.29 is 4.79 Å². The van der Waals surface area contributed by atoms with Crippen molar-refractivity contribution in [1.29, 1.82) is 0 Å². The zero-order chi connectivity index (χ0) is 12.5. The van der Waals surface area contributed by atoms with Crippen molar-refractivity contribution in [2.24, 2.45) is 11.7 Å². The Hall–Kier alpha value is -1.36. The van der Waals surface area contributed by atoms with E-state index in [2.05, 4.69) is 10.3 Å². The lowest BCUT2D eigenvalue weighted by Gasteiger charge is -2.25. The number of amides is 1. The smallest absolute Gasteiger partial charge is 0.240 e. The van der Waals surface area contributed by atoms with E-state index in [1.165, 1.54) is 0 Å². The van der Waals surface area contributed by atoms with E-state index in [0.29, 0.717) is 12.5 Å². The molecule has 5 nitrogen and oxygen atoms in total. The van der Waals surface area contributed by atoms with Crippen molar-refractivity contribution in [2.45, 2.75) is 44.8 Å². The van der Waals surface area contributed by atoms with Gasteiger partial charge in [0, 0.05) is 25.0 Å². The number of carbonyl (C=O) groups excluding carboxylic acids is 1. The lowest BCUT2D eigenvalue weighted by molar-refractivity contribution is -0.127. The molecule has 5 heteroatoms. The maximum absolute atomic E-state index is 12.0. The van der Waals surface area contributed by atoms with Gasteiger partial charge in [0.25, 0.3) is 0 Å². The highest BCUT2D eigenvalue weighted by atomic mass is 16.2. The molecule has 1 amide bonds. The van der Waals surface area contributed by atoms with Crippen molar-refractivity contribution in [3.8, 4) is 0 Å². The van der Waals surface area contributed by atoms with E-state index in [0.717, 1.165) is 12.8 Å². The van der Waals surface area contributed by atoms with Crippen molar-refractivity contribution in [2.75, 3.05) is 0 Å². The van der Waals surface area contributed by atoms with Crippen LogP contribution >= 0.6 is 0 Å². The number of hydrogen-bond donors (Lipinski definition) is 2. The van der Waals surface area contributed by atoms with Crippen LogP contribution in [0.25, 0.3) is 0 Å². The molecule has 2 atom stereocenters. The molecule has 1 aliphatic carbocycles. The molecule has 0 spiro atoms. The summed E-state index contributed by atoms with van der Waals surface area (Å²) in [6.07, 6.45) is 7.48. The molecule has 1 aliphatic rings. The molecule has 0 aromatic carbocycles. The summed E-state index contributed by atoms with van der Waals surface area (Å²) < 4.78 is 1.94. The van der Waals surface area contributed by atoms with Gasteiger partial charge in [0.1, 0.15) is 0 Å². The highest BCUT2D eigenvalue weighted by Gasteiger charge is 2.44. The Labute approximate surface area is 101 Å². The predicted molar refractivity (Wildman–Crippen MR) is 65.1 cm³/mol. The van der Waals surface area contributed by atoms with Crippen LogP contribution in [0.5, 0.6) is 0 Å². The second-order valence-corrected chi connectivity index (χ2v) is 5.19. The molecule has 0 bridgehead atoms. The topological polar surface area (TPSA) is 72.9 Å². The molecule has 2 unspecified atom stereocenters. The summed E-state index contributed by atoms with van der Waals surface area (Å²) in [4.78, 5) is 16.0. The fourth-order valence-corrected chi connectivity index (χ4v) is 2.00. The van der Waals surface area contributed by atoms with Gasteiger partial charge >= 0.3 is 0 Å². The van der Waals surface area contributed by atoms with Crippen molar-refractivity contribution in [3.63, 3.8) is 0 Å². The molecule has 94 valence electrons. The quantitative estimate of drug-likeness (QED) is 0.782. The maximum Gasteiger partial charge on any atom is 0.240 e. The number of nitrogens with zero attached hydrogens (tertiary/aromatic N) is 2. The molecule has 17 heavy (non-hydrogen) atoms. The molecule has 0 saturated heterocycles. The van der Waals surface area contributed by atoms with E-state index in [1.807, 2.05) is 24.6 Å². The van der Waals surface area contributed by atoms with Crippen molar-refractivity contribution >= 4 is 5.91 Å². The molecule has 1 saturated carbocycles. The molecule has 0 aliphatic heterocycles. The third-order valence-corrected chi connectivity index (χ3v) is 3.34. The molecule has 0 radical (unpaired) electrons. The molecule has 1 aromatic heterocycles. The summed E-state index contributed by atoms with van der Waals surface area (Å²) in [5.74, 6) is 0.301. The minimum absolute atomic E-state index is 0.0485. The number of aromatic nitrogens is 2. The monoisotopic (exact) mass is 236 g/mol. The molecule has 1 heterocycles. The lowest BCUT2D eigenvalue weighted by Crippen LogP contribution is -2.55. The fourth-order valence-electron chi connectivity index (χ4n) is 2.00. The van der Waals surface area contributed by atoms with Gasteiger partial charge in [-0.2, -0.15) is 0 Å². The van der Waals surface area contributed by atoms with Crippen LogP contribution in [-0.4, -0.2) is 27.0 Å². The highest BCUT2D eigenvalue weighted by Crippen LogP contribution is 2.38. The molecular formula is C12H20N4O. The lowest BCUT2D eigenvalue weighted by atomic mass is 9.96. The maximum atomic E-state index is 12.0. The van der Waals surface area contributed by atoms with E-state index in [9.17, 15) is 4.79 Å². The minimum atomic E-state index is -0.719. The second kappa shape index (κ2) is 4.49. The number of nitrogens with one attached hydrogen (secondary N) is 1. The molecular weight excluding hydrogens is 216 g/mol. The number of nitrogens with two attached hydrogens (primary N) is 1. The normalized spacial score (nSPS) is 20.6. The van der Waals surface area contributed by atoms with Crippen LogP contribution in [0.4, 0.5) is 0 Å². The van der Waals surface area contributed by atoms with Crippen LogP contribution in [0.15, 0.2) is 18.7 Å². The molecule has 1 aromatic rings. The number of carbonyl (C=O) groups is 1. The minimum Gasteiger partial charge on any atom is -0.350 e. The largest absolute Gasteiger partial charge is 0.350 e. The van der Waals surface area contributed by atoms with Gasteiger partial charge in [-0.3, -0.25) is 4.79 Å². The van der Waals surface area contributed by atoms with Gasteiger partial charge in [-0.05, 0) is 32.6 Å². The number of hydrogen-bond acceptors (Lipinski definition) is 3. The first kappa shape index (κ1) is 12.1. The predicted octanol–water partition coefficient (Wildman–Crippen LogP) is 0.515. The Kier molecular flexibility index (Phi) is 3.19. The second-order valence-electron chi connectivity index (χ2n) is 5.19. The van der Waals surface area contributed by atoms with E-state index >= 15 is 0 Å². The Balaban J connectivity index is 1.85. The van der Waals surface area contributed by atoms with E-state index in [-0.39, 0.29) is 11.9 Å². The van der Waals surface area contributed by atoms with Crippen LogP contribution in [0, 0.1) is 5.92 Å². The van der Waals surface area contributed by atoms with Crippen molar-refractivity contribution in [1.82, 2.24) is 14.9 Å². The van der Waals surface area contributed by atoms with Gasteiger partial charge in [0.05, 0.1) is 11.9 Å². The van der Waals surface area contributed by atoms with Gasteiger partial charge < -0.3 is 15.6 Å². The Morgan fingerprint density at radius 2 is 2.41 bits per heavy atom. The van der Waals surface area contributed by atoms with Gasteiger partial charge in [-0.1, -0.05) is 0 Å². The summed E-state index contributed by atoms with van der Waals surface area (Å²) in [7, 11) is 0. The molecule has 2 rings (SSSR count). The van der Waals surface area contributed by atoms with Gasteiger partial charge in [-0.25, -0.2) is 4.98 Å². The average Bonchev–Trinajstić information content (AvgIpc) is 3.00. The zero-order valence-electron chi connectivity index (χ0n) is 10.4. The summed E-state index contributed by atoms with van der Waals surface area (Å²) in [6.45, 7) is 4.51. The van der Waals surface area contributed by atoms with E-state index in [4.69, 9.17) is 5.73 Å². The zero-order valence-corrected chi connectivity index (χ0v) is 10.4. The first-order valence-corrected chi connectivity index (χ1v) is 6.05. The van der Waals surface area contributed by atoms with Gasteiger partial charge in [0.15, 0.2) is 0 Å². The first-order valence-electron chi connectivity index (χ1n) is 6.05. The molecule has 1 fully saturated rings. The Morgan fingerprint density at radius 3 is 2.94 bits per heavy atom. The third-order valence-electron chi connectivity index (χ3n) is 3.34. The van der Waals surface area contributed by atoms with Crippen LogP contribution in [0.3, 0.4) is 0 Å². The van der Waals surface area contributed by atoms with E-state index in [1.54, 1.807) is 12.5 Å². The summed E-state index contributed by atoms with van der Waals surface area (Å²) in [5, 5.41) is 2.97. The van der Waals surface area contributed by atoms with E-state index < -0.39 is 5.54 Å². The van der Waals surface area contributed by atoms with Gasteiger partial charge in [-0.15, -0.1) is 0 Å². The average molecular weight is 236 g/mol. The van der Waals surface area contributed by atoms with Gasteiger partial charge in [0.2, 0.25) is 5.91 Å². The number of rotatable bonds is 5. The molecule has 3 N–H and O–H groups in total. The third kappa shape index (κ3) is 2.85. The van der Waals surface area contributed by atoms with Crippen LogP contribution in [-0.2, 0) is 11.3 Å². The van der Waals surface area contributed by atoms with Crippen LogP contribution in [0.2, 0.25) is 0 Å².